The van der Waals surface area contributed by atoms with Crippen LogP contribution in [0.2, 0.25) is 5.02 Å². The van der Waals surface area contributed by atoms with Gasteiger partial charge in [-0.3, -0.25) is 64.4 Å². The van der Waals surface area contributed by atoms with Crippen LogP contribution in [-0.2, 0) is 72.7 Å². The number of carbonyl (C=O) groups excluding carboxylic acids is 5. The number of benzene rings is 8. The number of nitrogens with two attached hydrogens (primary N) is 1. The van der Waals surface area contributed by atoms with E-state index in [1.165, 1.54) is 126 Å². The highest BCUT2D eigenvalue weighted by Crippen LogP contribution is 2.36. The van der Waals surface area contributed by atoms with Gasteiger partial charge < -0.3 is 53.0 Å². The van der Waals surface area contributed by atoms with E-state index in [0.717, 1.165) is 99.5 Å². The Morgan fingerprint density at radius 1 is 0.352 bits per heavy atom. The van der Waals surface area contributed by atoms with Crippen molar-refractivity contribution < 1.29 is 82.1 Å². The molecule has 0 unspecified atom stereocenters. The molecule has 0 spiro atoms. The molecule has 12 aromatic rings. The molecule has 39 nitrogen and oxygen atoms in total. The van der Waals surface area contributed by atoms with Crippen molar-refractivity contribution in [2.75, 3.05) is 80.7 Å². The molecular weight excluding hydrogens is 2050 g/mol. The maximum atomic E-state index is 13.2. The van der Waals surface area contributed by atoms with Gasteiger partial charge in [0.1, 0.15) is 22.6 Å². The number of aryl methyl sites for hydroxylation is 1. The van der Waals surface area contributed by atoms with Gasteiger partial charge in [-0.1, -0.05) is 61.3 Å². The number of sulfonamides is 4. The second kappa shape index (κ2) is 50.3. The van der Waals surface area contributed by atoms with Gasteiger partial charge in [-0.15, -0.1) is 45.3 Å². The number of anilines is 4. The second-order valence-electron chi connectivity index (χ2n) is 33.8. The number of carbonyl (C=O) groups is 5. The van der Waals surface area contributed by atoms with E-state index in [9.17, 15) is 98.1 Å². The van der Waals surface area contributed by atoms with Crippen LogP contribution in [-0.4, -0.2) is 184 Å². The zero-order chi connectivity index (χ0) is 104. The average molecular weight is 2150 g/mol. The number of nitrogens with zero attached hydrogens (tertiary/aromatic N) is 8. The lowest BCUT2D eigenvalue weighted by Crippen LogP contribution is -2.42. The van der Waals surface area contributed by atoms with E-state index in [-0.39, 0.29) is 112 Å². The molecule has 4 aliphatic rings. The fourth-order valence-electron chi connectivity index (χ4n) is 16.0. The molecule has 4 aromatic heterocycles. The fourth-order valence-corrected chi connectivity index (χ4v) is 27.8. The summed E-state index contributed by atoms with van der Waals surface area (Å²) in [5.74, 6) is -1.47. The number of piperidine rings is 4. The van der Waals surface area contributed by atoms with Crippen LogP contribution in [0.1, 0.15) is 142 Å². The molecule has 0 radical (unpaired) electrons. The number of thiophene rings is 4. The monoisotopic (exact) mass is 2150 g/mol. The third kappa shape index (κ3) is 30.1. The number of primary amides is 1. The molecule has 4 saturated heterocycles. The number of nitrogens with one attached hydrogen (secondary N) is 8. The van der Waals surface area contributed by atoms with Crippen LogP contribution in [0.5, 0.6) is 5.75 Å². The highest BCUT2D eigenvalue weighted by molar-refractivity contribution is 7.92. The van der Waals surface area contributed by atoms with Crippen molar-refractivity contribution in [1.82, 2.24) is 38.5 Å². The van der Waals surface area contributed by atoms with Crippen LogP contribution < -0.4 is 53.0 Å². The molecule has 0 atom stereocenters. The Bertz CT molecular complexity index is 7110. The Balaban J connectivity index is 0.000000162. The molecule has 10 N–H and O–H groups in total. The molecule has 0 aliphatic carbocycles. The number of non-ortho nitro benzene ring substituents is 4. The summed E-state index contributed by atoms with van der Waals surface area (Å²) in [6, 6.07) is 65.3. The third-order valence-corrected chi connectivity index (χ3v) is 37.8. The number of rotatable bonds is 36. The summed E-state index contributed by atoms with van der Waals surface area (Å²) in [6.07, 6.45) is 7.51. The smallest absolute Gasteiger partial charge is 0.270 e. The van der Waals surface area contributed by atoms with E-state index in [2.05, 4.69) is 61.6 Å². The number of nitro groups is 4. The van der Waals surface area contributed by atoms with E-state index in [1.807, 2.05) is 54.6 Å². The van der Waals surface area contributed by atoms with Gasteiger partial charge in [-0.25, -0.2) is 33.7 Å². The van der Waals surface area contributed by atoms with E-state index in [0.29, 0.717) is 121 Å². The maximum absolute atomic E-state index is 13.2. The number of nitro benzene ring substituents is 4. The van der Waals surface area contributed by atoms with Crippen LogP contribution in [0.25, 0.3) is 0 Å². The van der Waals surface area contributed by atoms with Crippen molar-refractivity contribution in [2.45, 2.75) is 138 Å². The first-order valence-corrected chi connectivity index (χ1v) is 55.2. The quantitative estimate of drug-likeness (QED) is 0.0130. The van der Waals surface area contributed by atoms with Gasteiger partial charge in [0.05, 0.1) is 53.0 Å². The number of hydrogen-bond donors (Lipinski definition) is 9. The van der Waals surface area contributed by atoms with E-state index in [1.54, 1.807) is 79.9 Å². The van der Waals surface area contributed by atoms with Gasteiger partial charge in [0.15, 0.2) is 0 Å². The zero-order valence-corrected chi connectivity index (χ0v) is 85.5. The van der Waals surface area contributed by atoms with Crippen molar-refractivity contribution in [3.63, 3.8) is 0 Å². The largest absolute Gasteiger partial charge is 0.497 e. The molecule has 0 saturated carbocycles. The van der Waals surface area contributed by atoms with Gasteiger partial charge in [0.2, 0.25) is 5.91 Å². The number of amides is 5. The average Bonchev–Trinajstić information content (AvgIpc) is 1.75. The number of halogens is 1. The minimum atomic E-state index is -3.67. The summed E-state index contributed by atoms with van der Waals surface area (Å²) < 4.78 is 117. The first-order chi connectivity index (χ1) is 69.4. The summed E-state index contributed by atoms with van der Waals surface area (Å²) in [5, 5.41) is 68.6. The topological polar surface area (TPSA) is 539 Å². The van der Waals surface area contributed by atoms with Crippen LogP contribution in [0.3, 0.4) is 0 Å². The summed E-state index contributed by atoms with van der Waals surface area (Å²) >= 11 is 10.5. The van der Waals surface area contributed by atoms with Gasteiger partial charge in [0, 0.05) is 206 Å². The Morgan fingerprint density at radius 3 is 0.966 bits per heavy atom. The molecule has 48 heteroatoms. The Kier molecular flexibility index (Phi) is 37.7. The predicted octanol–water partition coefficient (Wildman–Crippen LogP) is 16.1. The zero-order valence-electron chi connectivity index (χ0n) is 78.2. The van der Waals surface area contributed by atoms with Crippen molar-refractivity contribution in [3.05, 3.63) is 341 Å². The molecule has 145 heavy (non-hydrogen) atoms. The minimum absolute atomic E-state index is 0.0915. The molecule has 764 valence electrons. The number of methoxy groups -OCH3 is 1. The number of ether oxygens (including phenoxy) is 1. The minimum Gasteiger partial charge on any atom is -0.497 e. The second-order valence-corrected chi connectivity index (χ2v) is 47.5. The molecule has 4 aliphatic heterocycles. The van der Waals surface area contributed by atoms with E-state index in [4.69, 9.17) is 22.1 Å². The molecular formula is C97H104ClN17O22S8. The Morgan fingerprint density at radius 2 is 0.648 bits per heavy atom. The number of hydrogen-bond acceptors (Lipinski definition) is 30. The lowest BCUT2D eigenvalue weighted by molar-refractivity contribution is -0.385. The summed E-state index contributed by atoms with van der Waals surface area (Å²) in [4.78, 5) is 104. The van der Waals surface area contributed by atoms with Crippen molar-refractivity contribution >= 4 is 172 Å². The molecule has 8 heterocycles. The molecule has 16 rings (SSSR count). The lowest BCUT2D eigenvalue weighted by Gasteiger charge is -2.31. The van der Waals surface area contributed by atoms with Crippen LogP contribution in [0.15, 0.2) is 259 Å². The van der Waals surface area contributed by atoms with E-state index < -0.39 is 89.3 Å². The van der Waals surface area contributed by atoms with Crippen LogP contribution in [0.4, 0.5) is 45.5 Å². The van der Waals surface area contributed by atoms with Gasteiger partial charge >= 0.3 is 0 Å². The van der Waals surface area contributed by atoms with Crippen molar-refractivity contribution in [1.29, 1.82) is 0 Å². The molecule has 0 bridgehead atoms. The SMILES string of the molecule is CCCc1cccc(NC2CCN(S(=O)(=O)c3ccc(CNC(=O)c4cccc([N+](=O)[O-])c4)s3)CC2)c1.COc1cccc(NC2CCN(S(=O)(=O)c3ccc(CNC(=O)c4ccc([N+](=O)[O-])cc4)s3)CC2)c1.NC(=O)c1ccc(NC2CCN(S(=O)(=O)c3ccc(CNC(=O)c4cccc([N+](=O)[O-])c4)s3)CC2)cc1.O=C(NCc1ccc(S(=O)(=O)N2CCC(Nc3cccc(Cl)c3)CC2)s1)c1ccc([N+](=O)[O-])cc1. The predicted molar refractivity (Wildman–Crippen MR) is 556 cm³/mol. The standard InChI is InChI=1S/C26H30N4O5S2.C24H25N5O6S2.C24H26N4O6S2.C23H23ClN4O5S2/c1-2-5-19-6-3-8-22(16-19)28-21-12-14-29(15-13-21)37(34,35)25-11-10-24(36-25)18-27-26(31)20-7-4-9-23(17-20)30(32)33;25-23(30)16-4-6-18(7-5-16)27-19-10-12-28(13-11-19)37(34,35)22-9-8-21(36-22)15-26-24(31)17-2-1-3-20(14-17)29(32)33;1-34-21-4-2-3-19(15-21)26-18-11-13-27(14-12-18)36(32,33)23-10-9-22(35-23)16-25-24(29)17-5-7-20(8-6-17)28(30)31;24-17-2-1-3-19(14-17)26-18-10-12-27(13-11-18)35(32,33)22-9-8-21(34-22)15-25-23(29)16-4-6-20(7-5-16)28(30)31/h3-4,6-11,16-17,21,28H,2,5,12-15,18H2,1H3,(H,27,31);1-9,14,19,27H,10-13,15H2,(H2,25,30)(H,26,31);2-10,15,18,26H,11-14,16H2,1H3,(H,25,29);1-9,14,18,26H,10-13,15H2,(H,25,29). The highest BCUT2D eigenvalue weighted by Gasteiger charge is 2.36. The third-order valence-electron chi connectivity index (χ3n) is 23.8. The summed E-state index contributed by atoms with van der Waals surface area (Å²) in [6.45, 7) is 5.92. The van der Waals surface area contributed by atoms with Gasteiger partial charge in [0.25, 0.3) is 86.5 Å². The van der Waals surface area contributed by atoms with Gasteiger partial charge in [-0.2, -0.15) is 17.2 Å². The van der Waals surface area contributed by atoms with E-state index >= 15 is 0 Å². The first kappa shape index (κ1) is 109. The summed E-state index contributed by atoms with van der Waals surface area (Å²) in [7, 11) is -12.9. The lowest BCUT2D eigenvalue weighted by atomic mass is 10.1. The first-order valence-electron chi connectivity index (χ1n) is 45.8. The summed E-state index contributed by atoms with van der Waals surface area (Å²) in [5.41, 5.74) is 11.1. The Hall–Kier alpha value is -13.6. The van der Waals surface area contributed by atoms with Crippen molar-refractivity contribution in [2.24, 2.45) is 5.73 Å². The van der Waals surface area contributed by atoms with Gasteiger partial charge in [-0.05, 0) is 215 Å². The normalized spacial score (nSPS) is 14.8. The molecule has 8 aromatic carbocycles. The molecule has 4 fully saturated rings. The Labute approximate surface area is 857 Å². The molecule has 5 amide bonds. The van der Waals surface area contributed by atoms with Crippen LogP contribution in [0, 0.1) is 40.5 Å². The van der Waals surface area contributed by atoms with Crippen molar-refractivity contribution in [3.8, 4) is 5.75 Å². The maximum Gasteiger partial charge on any atom is 0.270 e. The highest BCUT2D eigenvalue weighted by atomic mass is 35.5. The van der Waals surface area contributed by atoms with Crippen LogP contribution >= 0.6 is 56.9 Å². The fraction of sp³-hybridized carbons (Fsp3) is 0.289.